The van der Waals surface area contributed by atoms with Gasteiger partial charge in [-0.1, -0.05) is 42.1 Å². The molecule has 0 radical (unpaired) electrons. The smallest absolute Gasteiger partial charge is 0.230 e. The average molecular weight is 390 g/mol. The Morgan fingerprint density at radius 1 is 1.22 bits per heavy atom. The SMILES string of the molecule is Cc1nnc(SCC(=O)NCCCN2CCOCC2)n1Cc1ccccc1. The van der Waals surface area contributed by atoms with Crippen LogP contribution in [0.2, 0.25) is 0 Å². The van der Waals surface area contributed by atoms with Crippen molar-refractivity contribution < 1.29 is 9.53 Å². The first-order chi connectivity index (χ1) is 13.2. The number of benzene rings is 1. The van der Waals surface area contributed by atoms with Gasteiger partial charge >= 0.3 is 0 Å². The molecule has 1 aromatic heterocycles. The molecule has 2 heterocycles. The summed E-state index contributed by atoms with van der Waals surface area (Å²) in [6.45, 7) is 7.95. The highest BCUT2D eigenvalue weighted by Crippen LogP contribution is 2.18. The van der Waals surface area contributed by atoms with Gasteiger partial charge in [0, 0.05) is 19.6 Å². The number of hydrogen-bond donors (Lipinski definition) is 1. The van der Waals surface area contributed by atoms with Crippen molar-refractivity contribution in [3.63, 3.8) is 0 Å². The van der Waals surface area contributed by atoms with Crippen molar-refractivity contribution in [2.24, 2.45) is 0 Å². The number of hydrogen-bond acceptors (Lipinski definition) is 6. The molecule has 0 atom stereocenters. The molecule has 1 N–H and O–H groups in total. The molecule has 1 saturated heterocycles. The number of thioether (sulfide) groups is 1. The van der Waals surface area contributed by atoms with Crippen LogP contribution in [0.3, 0.4) is 0 Å². The molecule has 0 aliphatic carbocycles. The third kappa shape index (κ3) is 6.34. The maximum Gasteiger partial charge on any atom is 0.230 e. The highest BCUT2D eigenvalue weighted by molar-refractivity contribution is 7.99. The highest BCUT2D eigenvalue weighted by Gasteiger charge is 2.13. The molecule has 7 nitrogen and oxygen atoms in total. The van der Waals surface area contributed by atoms with Gasteiger partial charge in [0.25, 0.3) is 0 Å². The minimum atomic E-state index is 0.0360. The Morgan fingerprint density at radius 2 is 2.00 bits per heavy atom. The van der Waals surface area contributed by atoms with Gasteiger partial charge in [-0.3, -0.25) is 9.69 Å². The molecular formula is C19H27N5O2S. The van der Waals surface area contributed by atoms with Crippen LogP contribution < -0.4 is 5.32 Å². The quantitative estimate of drug-likeness (QED) is 0.518. The molecule has 1 aliphatic heterocycles. The Bertz CT molecular complexity index is 716. The Hall–Kier alpha value is -1.90. The monoisotopic (exact) mass is 389 g/mol. The number of ether oxygens (including phenoxy) is 1. The van der Waals surface area contributed by atoms with E-state index in [0.717, 1.165) is 50.2 Å². The van der Waals surface area contributed by atoms with Crippen molar-refractivity contribution in [2.45, 2.75) is 25.0 Å². The number of amides is 1. The van der Waals surface area contributed by atoms with Gasteiger partial charge in [0.05, 0.1) is 25.5 Å². The van der Waals surface area contributed by atoms with E-state index < -0.39 is 0 Å². The van der Waals surface area contributed by atoms with Gasteiger partial charge < -0.3 is 14.6 Å². The second-order valence-electron chi connectivity index (χ2n) is 6.55. The van der Waals surface area contributed by atoms with Crippen LogP contribution in [-0.4, -0.2) is 70.7 Å². The lowest BCUT2D eigenvalue weighted by Gasteiger charge is -2.26. The van der Waals surface area contributed by atoms with Gasteiger partial charge in [-0.2, -0.15) is 0 Å². The lowest BCUT2D eigenvalue weighted by Crippen LogP contribution is -2.38. The van der Waals surface area contributed by atoms with Gasteiger partial charge in [-0.05, 0) is 25.5 Å². The number of carbonyl (C=O) groups is 1. The number of nitrogens with zero attached hydrogens (tertiary/aromatic N) is 4. The predicted octanol–water partition coefficient (Wildman–Crippen LogP) is 1.57. The first kappa shape index (κ1) is 19.9. The van der Waals surface area contributed by atoms with Crippen LogP contribution in [0.25, 0.3) is 0 Å². The molecule has 27 heavy (non-hydrogen) atoms. The standard InChI is InChI=1S/C19H27N5O2S/c1-16-21-22-19(24(16)14-17-6-3-2-4-7-17)27-15-18(25)20-8-5-9-23-10-12-26-13-11-23/h2-4,6-7H,5,8-15H2,1H3,(H,20,25). The van der Waals surface area contributed by atoms with Crippen LogP contribution in [0, 0.1) is 6.92 Å². The molecule has 3 rings (SSSR count). The van der Waals surface area contributed by atoms with E-state index in [9.17, 15) is 4.79 Å². The Balaban J connectivity index is 1.39. The van der Waals surface area contributed by atoms with Gasteiger partial charge in [-0.25, -0.2) is 0 Å². The summed E-state index contributed by atoms with van der Waals surface area (Å²) in [6.07, 6.45) is 0.958. The zero-order chi connectivity index (χ0) is 18.9. The Kier molecular flexibility index (Phi) is 7.67. The third-order valence-corrected chi connectivity index (χ3v) is 5.46. The minimum Gasteiger partial charge on any atom is -0.379 e. The van der Waals surface area contributed by atoms with E-state index in [1.165, 1.54) is 17.3 Å². The van der Waals surface area contributed by atoms with Crippen molar-refractivity contribution in [1.82, 2.24) is 25.0 Å². The molecule has 8 heteroatoms. The van der Waals surface area contributed by atoms with Crippen molar-refractivity contribution in [3.05, 3.63) is 41.7 Å². The molecule has 0 unspecified atom stereocenters. The van der Waals surface area contributed by atoms with Crippen LogP contribution >= 0.6 is 11.8 Å². The lowest BCUT2D eigenvalue weighted by atomic mass is 10.2. The normalized spacial score (nSPS) is 15.0. The number of morpholine rings is 1. The highest BCUT2D eigenvalue weighted by atomic mass is 32.2. The summed E-state index contributed by atoms with van der Waals surface area (Å²) in [5.41, 5.74) is 1.19. The summed E-state index contributed by atoms with van der Waals surface area (Å²) in [5, 5.41) is 12.2. The fourth-order valence-electron chi connectivity index (χ4n) is 2.95. The molecule has 1 aromatic carbocycles. The second kappa shape index (κ2) is 10.4. The van der Waals surface area contributed by atoms with E-state index in [0.29, 0.717) is 18.8 Å². The Labute approximate surface area is 164 Å². The van der Waals surface area contributed by atoms with Crippen molar-refractivity contribution in [2.75, 3.05) is 45.1 Å². The van der Waals surface area contributed by atoms with Crippen LogP contribution in [0.1, 0.15) is 17.8 Å². The van der Waals surface area contributed by atoms with Crippen LogP contribution in [0.5, 0.6) is 0 Å². The van der Waals surface area contributed by atoms with Crippen LogP contribution in [0.15, 0.2) is 35.5 Å². The lowest BCUT2D eigenvalue weighted by molar-refractivity contribution is -0.118. The van der Waals surface area contributed by atoms with E-state index in [2.05, 4.69) is 32.5 Å². The van der Waals surface area contributed by atoms with E-state index in [4.69, 9.17) is 4.74 Å². The largest absolute Gasteiger partial charge is 0.379 e. The van der Waals surface area contributed by atoms with E-state index in [1.807, 2.05) is 29.7 Å². The zero-order valence-corrected chi connectivity index (χ0v) is 16.6. The van der Waals surface area contributed by atoms with Crippen molar-refractivity contribution >= 4 is 17.7 Å². The van der Waals surface area contributed by atoms with E-state index in [1.54, 1.807) is 0 Å². The second-order valence-corrected chi connectivity index (χ2v) is 7.49. The molecule has 0 saturated carbocycles. The molecule has 0 bridgehead atoms. The third-order valence-electron chi connectivity index (χ3n) is 4.49. The summed E-state index contributed by atoms with van der Waals surface area (Å²) >= 11 is 1.43. The van der Waals surface area contributed by atoms with Gasteiger partial charge in [0.1, 0.15) is 5.82 Å². The fraction of sp³-hybridized carbons (Fsp3) is 0.526. The maximum atomic E-state index is 12.1. The van der Waals surface area contributed by atoms with Gasteiger partial charge in [0.15, 0.2) is 5.16 Å². The number of aromatic nitrogens is 3. The van der Waals surface area contributed by atoms with Crippen LogP contribution in [-0.2, 0) is 16.1 Å². The van der Waals surface area contributed by atoms with Crippen molar-refractivity contribution in [1.29, 1.82) is 0 Å². The number of carbonyl (C=O) groups excluding carboxylic acids is 1. The zero-order valence-electron chi connectivity index (χ0n) is 15.8. The van der Waals surface area contributed by atoms with Gasteiger partial charge in [-0.15, -0.1) is 10.2 Å². The summed E-state index contributed by atoms with van der Waals surface area (Å²) in [5.74, 6) is 1.24. The molecule has 146 valence electrons. The van der Waals surface area contributed by atoms with Gasteiger partial charge in [0.2, 0.25) is 5.91 Å². The molecular weight excluding hydrogens is 362 g/mol. The van der Waals surface area contributed by atoms with E-state index in [-0.39, 0.29) is 5.91 Å². The predicted molar refractivity (Wildman–Crippen MR) is 106 cm³/mol. The van der Waals surface area contributed by atoms with E-state index >= 15 is 0 Å². The summed E-state index contributed by atoms with van der Waals surface area (Å²) in [7, 11) is 0. The molecule has 1 amide bonds. The first-order valence-electron chi connectivity index (χ1n) is 9.35. The van der Waals surface area contributed by atoms with Crippen LogP contribution in [0.4, 0.5) is 0 Å². The topological polar surface area (TPSA) is 72.3 Å². The molecule has 2 aromatic rings. The molecule has 0 spiro atoms. The molecule has 1 aliphatic rings. The Morgan fingerprint density at radius 3 is 2.78 bits per heavy atom. The minimum absolute atomic E-state index is 0.0360. The average Bonchev–Trinajstić information content (AvgIpc) is 3.05. The van der Waals surface area contributed by atoms with Crippen molar-refractivity contribution in [3.8, 4) is 0 Å². The summed E-state index contributed by atoms with van der Waals surface area (Å²) in [4.78, 5) is 14.5. The number of rotatable bonds is 9. The molecule has 1 fully saturated rings. The number of nitrogens with one attached hydrogen (secondary N) is 1. The summed E-state index contributed by atoms with van der Waals surface area (Å²) in [6, 6.07) is 10.2. The number of aryl methyl sites for hydroxylation is 1. The maximum absolute atomic E-state index is 12.1. The fourth-order valence-corrected chi connectivity index (χ4v) is 3.77. The first-order valence-corrected chi connectivity index (χ1v) is 10.3. The summed E-state index contributed by atoms with van der Waals surface area (Å²) < 4.78 is 7.39.